The third kappa shape index (κ3) is 1.77. The molecule has 0 bridgehead atoms. The molecule has 0 amide bonds. The Morgan fingerprint density at radius 1 is 1.44 bits per heavy atom. The Hall–Kier alpha value is -1.54. The molecule has 0 radical (unpaired) electrons. The third-order valence-corrected chi connectivity index (χ3v) is 4.13. The zero-order valence-corrected chi connectivity index (χ0v) is 10.4. The van der Waals surface area contributed by atoms with Gasteiger partial charge in [0.05, 0.1) is 11.9 Å². The van der Waals surface area contributed by atoms with Crippen LogP contribution in [0.2, 0.25) is 0 Å². The van der Waals surface area contributed by atoms with E-state index in [1.165, 1.54) is 5.56 Å². The molecule has 1 aliphatic carbocycles. The fourth-order valence-corrected chi connectivity index (χ4v) is 3.23. The summed E-state index contributed by atoms with van der Waals surface area (Å²) < 4.78 is 5.36. The Bertz CT molecular complexity index is 569. The molecule has 2 heteroatoms. The van der Waals surface area contributed by atoms with Gasteiger partial charge < -0.3 is 9.52 Å². The molecule has 2 nitrogen and oxygen atoms in total. The minimum absolute atomic E-state index is 0.217. The van der Waals surface area contributed by atoms with Crippen molar-refractivity contribution in [2.45, 2.75) is 37.2 Å². The molecule has 1 saturated carbocycles. The van der Waals surface area contributed by atoms with E-state index < -0.39 is 5.60 Å². The smallest absolute Gasteiger partial charge is 0.133 e. The fourth-order valence-electron chi connectivity index (χ4n) is 3.23. The molecule has 0 aliphatic heterocycles. The van der Waals surface area contributed by atoms with Gasteiger partial charge in [-0.25, -0.2) is 0 Å². The van der Waals surface area contributed by atoms with Crippen molar-refractivity contribution in [2.75, 3.05) is 0 Å². The van der Waals surface area contributed by atoms with Crippen molar-refractivity contribution in [1.82, 2.24) is 0 Å². The third-order valence-electron chi connectivity index (χ3n) is 4.13. The van der Waals surface area contributed by atoms with Gasteiger partial charge >= 0.3 is 0 Å². The second-order valence-electron chi connectivity index (χ2n) is 5.26. The number of hydrogen-bond donors (Lipinski definition) is 1. The topological polar surface area (TPSA) is 33.4 Å². The zero-order valence-electron chi connectivity index (χ0n) is 10.4. The fraction of sp³-hybridized carbons (Fsp3) is 0.375. The Morgan fingerprint density at radius 3 is 3.17 bits per heavy atom. The molecule has 18 heavy (non-hydrogen) atoms. The van der Waals surface area contributed by atoms with E-state index in [0.717, 1.165) is 30.2 Å². The van der Waals surface area contributed by atoms with E-state index in [1.54, 1.807) is 6.26 Å². The molecule has 0 unspecified atom stereocenters. The molecule has 3 rings (SSSR count). The molecule has 1 aromatic heterocycles. The predicted octanol–water partition coefficient (Wildman–Crippen LogP) is 4.01. The second kappa shape index (κ2) is 4.29. The van der Waals surface area contributed by atoms with Crippen LogP contribution >= 0.6 is 0 Å². The molecular weight excluding hydrogens is 224 g/mol. The van der Waals surface area contributed by atoms with Crippen molar-refractivity contribution in [3.63, 3.8) is 0 Å². The van der Waals surface area contributed by atoms with Crippen molar-refractivity contribution >= 4 is 11.0 Å². The summed E-state index contributed by atoms with van der Waals surface area (Å²) in [6.45, 7) is 3.76. The summed E-state index contributed by atoms with van der Waals surface area (Å²) in [6.07, 6.45) is 7.20. The van der Waals surface area contributed by atoms with E-state index in [2.05, 4.69) is 18.7 Å². The van der Waals surface area contributed by atoms with Gasteiger partial charge in [-0.1, -0.05) is 12.1 Å². The quantitative estimate of drug-likeness (QED) is 0.825. The zero-order chi connectivity index (χ0) is 12.6. The largest absolute Gasteiger partial charge is 0.464 e. The van der Waals surface area contributed by atoms with Crippen LogP contribution in [-0.2, 0) is 0 Å². The Balaban J connectivity index is 1.99. The van der Waals surface area contributed by atoms with Crippen LogP contribution in [0.25, 0.3) is 11.0 Å². The van der Waals surface area contributed by atoms with Gasteiger partial charge in [0.25, 0.3) is 0 Å². The molecular formula is C16H18O2. The molecule has 0 saturated heterocycles. The number of benzene rings is 1. The van der Waals surface area contributed by atoms with Crippen LogP contribution in [0.5, 0.6) is 0 Å². The van der Waals surface area contributed by atoms with Gasteiger partial charge in [0, 0.05) is 11.3 Å². The number of furan rings is 1. The lowest BCUT2D eigenvalue weighted by Crippen LogP contribution is -2.30. The minimum atomic E-state index is -0.612. The highest BCUT2D eigenvalue weighted by molar-refractivity contribution is 5.77. The van der Waals surface area contributed by atoms with Crippen molar-refractivity contribution in [1.29, 1.82) is 0 Å². The van der Waals surface area contributed by atoms with Gasteiger partial charge in [-0.05, 0) is 49.4 Å². The summed E-state index contributed by atoms with van der Waals surface area (Å²) in [5.74, 6) is 0.217. The van der Waals surface area contributed by atoms with Crippen molar-refractivity contribution in [3.05, 3.63) is 48.7 Å². The first-order valence-electron chi connectivity index (χ1n) is 6.53. The standard InChI is InChI=1S/C16H18O2/c1-2-8-16(17)9-3-4-14(16)12-5-6-15-13(11-12)7-10-18-15/h2,5-7,10-11,14,17H,1,3-4,8-9H2/t14-,16-/m1/s1. The maximum Gasteiger partial charge on any atom is 0.133 e. The van der Waals surface area contributed by atoms with Gasteiger partial charge in [-0.15, -0.1) is 6.58 Å². The highest BCUT2D eigenvalue weighted by Gasteiger charge is 2.40. The molecule has 1 aromatic carbocycles. The van der Waals surface area contributed by atoms with E-state index in [1.807, 2.05) is 18.2 Å². The van der Waals surface area contributed by atoms with Crippen LogP contribution in [0.1, 0.15) is 37.2 Å². The number of rotatable bonds is 3. The van der Waals surface area contributed by atoms with Crippen LogP contribution in [0, 0.1) is 0 Å². The highest BCUT2D eigenvalue weighted by atomic mass is 16.3. The maximum atomic E-state index is 10.7. The maximum absolute atomic E-state index is 10.7. The lowest BCUT2D eigenvalue weighted by molar-refractivity contribution is 0.0330. The van der Waals surface area contributed by atoms with E-state index >= 15 is 0 Å². The molecule has 1 heterocycles. The summed E-state index contributed by atoms with van der Waals surface area (Å²) in [5.41, 5.74) is 1.51. The average molecular weight is 242 g/mol. The SMILES string of the molecule is C=CC[C@@]1(O)CCC[C@@H]1c1ccc2occc2c1. The Morgan fingerprint density at radius 2 is 2.33 bits per heavy atom. The normalized spacial score (nSPS) is 27.7. The summed E-state index contributed by atoms with van der Waals surface area (Å²) in [6, 6.07) is 8.19. The van der Waals surface area contributed by atoms with Crippen LogP contribution < -0.4 is 0 Å². The molecule has 2 atom stereocenters. The lowest BCUT2D eigenvalue weighted by Gasteiger charge is -2.29. The first-order chi connectivity index (χ1) is 8.73. The van der Waals surface area contributed by atoms with Crippen molar-refractivity contribution in [3.8, 4) is 0 Å². The first kappa shape index (κ1) is 11.5. The highest BCUT2D eigenvalue weighted by Crippen LogP contribution is 2.45. The molecule has 1 fully saturated rings. The van der Waals surface area contributed by atoms with E-state index in [0.29, 0.717) is 6.42 Å². The van der Waals surface area contributed by atoms with Gasteiger partial charge in [0.15, 0.2) is 0 Å². The summed E-state index contributed by atoms with van der Waals surface area (Å²) in [7, 11) is 0. The van der Waals surface area contributed by atoms with Gasteiger partial charge in [-0.2, -0.15) is 0 Å². The molecule has 94 valence electrons. The van der Waals surface area contributed by atoms with E-state index in [4.69, 9.17) is 4.42 Å². The van der Waals surface area contributed by atoms with Gasteiger partial charge in [0.2, 0.25) is 0 Å². The minimum Gasteiger partial charge on any atom is -0.464 e. The lowest BCUT2D eigenvalue weighted by atomic mass is 9.82. The second-order valence-corrected chi connectivity index (χ2v) is 5.26. The Labute approximate surface area is 107 Å². The van der Waals surface area contributed by atoms with Gasteiger partial charge in [0.1, 0.15) is 5.58 Å². The summed E-state index contributed by atoms with van der Waals surface area (Å²) >= 11 is 0. The van der Waals surface area contributed by atoms with Gasteiger partial charge in [-0.3, -0.25) is 0 Å². The molecule has 2 aromatic rings. The first-order valence-corrected chi connectivity index (χ1v) is 6.53. The van der Waals surface area contributed by atoms with Crippen molar-refractivity contribution in [2.24, 2.45) is 0 Å². The molecule has 1 N–H and O–H groups in total. The summed E-state index contributed by atoms with van der Waals surface area (Å²) in [5, 5.41) is 11.8. The van der Waals surface area contributed by atoms with Crippen LogP contribution in [0.15, 0.2) is 47.6 Å². The summed E-state index contributed by atoms with van der Waals surface area (Å²) in [4.78, 5) is 0. The number of fused-ring (bicyclic) bond motifs is 1. The molecule has 0 spiro atoms. The van der Waals surface area contributed by atoms with Crippen molar-refractivity contribution < 1.29 is 9.52 Å². The van der Waals surface area contributed by atoms with E-state index in [-0.39, 0.29) is 5.92 Å². The Kier molecular flexibility index (Phi) is 2.75. The van der Waals surface area contributed by atoms with E-state index in [9.17, 15) is 5.11 Å². The number of hydrogen-bond acceptors (Lipinski definition) is 2. The predicted molar refractivity (Wildman–Crippen MR) is 72.6 cm³/mol. The number of aliphatic hydroxyl groups is 1. The van der Waals surface area contributed by atoms with Crippen LogP contribution in [0.4, 0.5) is 0 Å². The average Bonchev–Trinajstić information content (AvgIpc) is 2.94. The molecule has 1 aliphatic rings. The van der Waals surface area contributed by atoms with Crippen LogP contribution in [-0.4, -0.2) is 10.7 Å². The monoisotopic (exact) mass is 242 g/mol. The van der Waals surface area contributed by atoms with Crippen LogP contribution in [0.3, 0.4) is 0 Å².